The van der Waals surface area contributed by atoms with Crippen LogP contribution in [0, 0.1) is 5.92 Å². The number of rotatable bonds is 1. The zero-order chi connectivity index (χ0) is 7.56. The Labute approximate surface area is 62.6 Å². The molecule has 2 nitrogen and oxygen atoms in total. The van der Waals surface area contributed by atoms with Crippen molar-refractivity contribution in [3.05, 3.63) is 0 Å². The van der Waals surface area contributed by atoms with Gasteiger partial charge in [-0.15, -0.1) is 0 Å². The highest BCUT2D eigenvalue weighted by molar-refractivity contribution is 4.79. The first-order valence-electron chi connectivity index (χ1n) is 4.09. The maximum atomic E-state index is 8.90. The van der Waals surface area contributed by atoms with Crippen LogP contribution in [0.15, 0.2) is 0 Å². The van der Waals surface area contributed by atoms with E-state index in [1.54, 1.807) is 0 Å². The van der Waals surface area contributed by atoms with Crippen LogP contribution in [0.4, 0.5) is 0 Å². The van der Waals surface area contributed by atoms with Gasteiger partial charge in [0.25, 0.3) is 0 Å². The van der Waals surface area contributed by atoms with Crippen LogP contribution in [0.5, 0.6) is 0 Å². The van der Waals surface area contributed by atoms with Gasteiger partial charge in [0, 0.05) is 18.7 Å². The topological polar surface area (TPSA) is 32.3 Å². The summed E-state index contributed by atoms with van der Waals surface area (Å²) in [6.07, 6.45) is 2.25. The molecule has 0 saturated carbocycles. The van der Waals surface area contributed by atoms with Crippen molar-refractivity contribution >= 4 is 0 Å². The molecule has 0 spiro atoms. The highest BCUT2D eigenvalue weighted by Crippen LogP contribution is 2.18. The predicted octanol–water partition coefficient (Wildman–Crippen LogP) is 0.755. The van der Waals surface area contributed by atoms with Gasteiger partial charge >= 0.3 is 0 Å². The van der Waals surface area contributed by atoms with Gasteiger partial charge in [-0.05, 0) is 32.6 Å². The molecule has 0 aromatic rings. The smallest absolute Gasteiger partial charge is 0.0460 e. The lowest BCUT2D eigenvalue weighted by Crippen LogP contribution is -2.43. The van der Waals surface area contributed by atoms with E-state index >= 15 is 0 Å². The van der Waals surface area contributed by atoms with E-state index in [-0.39, 0.29) is 0 Å². The van der Waals surface area contributed by atoms with E-state index in [2.05, 4.69) is 19.2 Å². The van der Waals surface area contributed by atoms with Crippen LogP contribution in [-0.4, -0.2) is 23.8 Å². The summed E-state index contributed by atoms with van der Waals surface area (Å²) in [5.74, 6) is 0.534. The minimum absolute atomic E-state index is 0.358. The third-order valence-corrected chi connectivity index (χ3v) is 2.20. The van der Waals surface area contributed by atoms with Crippen molar-refractivity contribution < 1.29 is 5.11 Å². The Morgan fingerprint density at radius 2 is 1.80 bits per heavy atom. The molecule has 2 heteroatoms. The summed E-state index contributed by atoms with van der Waals surface area (Å²) in [6.45, 7) is 4.72. The number of aliphatic hydroxyl groups is 1. The van der Waals surface area contributed by atoms with Crippen LogP contribution in [0.2, 0.25) is 0 Å². The molecule has 0 aromatic heterocycles. The molecule has 2 atom stereocenters. The largest absolute Gasteiger partial charge is 0.396 e. The quantitative estimate of drug-likeness (QED) is 0.568. The van der Waals surface area contributed by atoms with Crippen LogP contribution in [0.25, 0.3) is 0 Å². The summed E-state index contributed by atoms with van der Waals surface area (Å²) < 4.78 is 0. The maximum absolute atomic E-state index is 8.90. The lowest BCUT2D eigenvalue weighted by atomic mass is 9.90. The summed E-state index contributed by atoms with van der Waals surface area (Å²) in [5.41, 5.74) is 0. The van der Waals surface area contributed by atoms with E-state index in [1.807, 2.05) is 0 Å². The molecule has 1 aliphatic heterocycles. The third-order valence-electron chi connectivity index (χ3n) is 2.20. The first-order chi connectivity index (χ1) is 4.72. The van der Waals surface area contributed by atoms with Crippen molar-refractivity contribution in [2.24, 2.45) is 5.92 Å². The molecule has 1 aliphatic rings. The molecular weight excluding hydrogens is 126 g/mol. The monoisotopic (exact) mass is 143 g/mol. The molecule has 0 unspecified atom stereocenters. The Morgan fingerprint density at radius 3 is 2.20 bits per heavy atom. The molecular formula is C8H17NO. The predicted molar refractivity (Wildman–Crippen MR) is 41.9 cm³/mol. The van der Waals surface area contributed by atoms with Crippen LogP contribution >= 0.6 is 0 Å². The zero-order valence-corrected chi connectivity index (χ0v) is 6.80. The van der Waals surface area contributed by atoms with Crippen LogP contribution in [0.3, 0.4) is 0 Å². The van der Waals surface area contributed by atoms with Crippen LogP contribution < -0.4 is 5.32 Å². The summed E-state index contributed by atoms with van der Waals surface area (Å²) >= 11 is 0. The van der Waals surface area contributed by atoms with Gasteiger partial charge in [-0.3, -0.25) is 0 Å². The fraction of sp³-hybridized carbons (Fsp3) is 1.00. The molecule has 1 fully saturated rings. The normalized spacial score (nSPS) is 41.7. The highest BCUT2D eigenvalue weighted by Gasteiger charge is 2.21. The Bertz CT molecular complexity index is 95.4. The van der Waals surface area contributed by atoms with Gasteiger partial charge in [0.15, 0.2) is 0 Å². The van der Waals surface area contributed by atoms with E-state index in [1.165, 1.54) is 0 Å². The van der Waals surface area contributed by atoms with Crippen molar-refractivity contribution in [1.29, 1.82) is 0 Å². The van der Waals surface area contributed by atoms with Gasteiger partial charge < -0.3 is 10.4 Å². The molecule has 0 aromatic carbocycles. The van der Waals surface area contributed by atoms with Crippen molar-refractivity contribution in [2.45, 2.75) is 38.8 Å². The average Bonchev–Trinajstić information content (AvgIpc) is 1.85. The van der Waals surface area contributed by atoms with Gasteiger partial charge in [-0.25, -0.2) is 0 Å². The standard InChI is InChI=1S/C8H17NO/c1-6-3-8(5-10)4-7(2)9-6/h6-10H,3-5H2,1-2H3/t6-,7-/m1/s1. The number of hydrogen-bond acceptors (Lipinski definition) is 2. The van der Waals surface area contributed by atoms with Crippen molar-refractivity contribution in [3.63, 3.8) is 0 Å². The molecule has 0 amide bonds. The summed E-state index contributed by atoms with van der Waals surface area (Å²) in [5, 5.41) is 12.3. The SMILES string of the molecule is C[C@@H]1CC(CO)C[C@@H](C)N1. The minimum Gasteiger partial charge on any atom is -0.396 e. The van der Waals surface area contributed by atoms with Crippen molar-refractivity contribution in [3.8, 4) is 0 Å². The molecule has 2 N–H and O–H groups in total. The average molecular weight is 143 g/mol. The molecule has 1 saturated heterocycles. The Kier molecular flexibility index (Phi) is 2.69. The van der Waals surface area contributed by atoms with Gasteiger partial charge in [-0.2, -0.15) is 0 Å². The fourth-order valence-electron chi connectivity index (χ4n) is 1.87. The lowest BCUT2D eigenvalue weighted by Gasteiger charge is -2.31. The van der Waals surface area contributed by atoms with E-state index in [4.69, 9.17) is 5.11 Å². The van der Waals surface area contributed by atoms with Crippen LogP contribution in [0.1, 0.15) is 26.7 Å². The van der Waals surface area contributed by atoms with Gasteiger partial charge in [0.05, 0.1) is 0 Å². The Hall–Kier alpha value is -0.0800. The Balaban J connectivity index is 2.35. The minimum atomic E-state index is 0.358. The van der Waals surface area contributed by atoms with Gasteiger partial charge in [-0.1, -0.05) is 0 Å². The van der Waals surface area contributed by atoms with E-state index in [0.29, 0.717) is 24.6 Å². The lowest BCUT2D eigenvalue weighted by molar-refractivity contribution is 0.160. The van der Waals surface area contributed by atoms with E-state index in [9.17, 15) is 0 Å². The molecule has 0 aliphatic carbocycles. The number of aliphatic hydroxyl groups excluding tert-OH is 1. The summed E-state index contributed by atoms with van der Waals surface area (Å²) in [6, 6.07) is 1.17. The maximum Gasteiger partial charge on any atom is 0.0460 e. The molecule has 0 bridgehead atoms. The zero-order valence-electron chi connectivity index (χ0n) is 6.80. The van der Waals surface area contributed by atoms with Crippen molar-refractivity contribution in [2.75, 3.05) is 6.61 Å². The van der Waals surface area contributed by atoms with Gasteiger partial charge in [0.1, 0.15) is 0 Å². The fourth-order valence-corrected chi connectivity index (χ4v) is 1.87. The second-order valence-electron chi connectivity index (χ2n) is 3.49. The first-order valence-corrected chi connectivity index (χ1v) is 4.09. The van der Waals surface area contributed by atoms with Gasteiger partial charge in [0.2, 0.25) is 0 Å². The molecule has 0 radical (unpaired) electrons. The Morgan fingerprint density at radius 1 is 1.30 bits per heavy atom. The van der Waals surface area contributed by atoms with Crippen molar-refractivity contribution in [1.82, 2.24) is 5.32 Å². The second-order valence-corrected chi connectivity index (χ2v) is 3.49. The molecule has 1 heterocycles. The number of nitrogens with one attached hydrogen (secondary N) is 1. The third kappa shape index (κ3) is 1.96. The van der Waals surface area contributed by atoms with Crippen LogP contribution in [-0.2, 0) is 0 Å². The number of piperidine rings is 1. The molecule has 10 heavy (non-hydrogen) atoms. The second kappa shape index (κ2) is 3.35. The number of hydrogen-bond donors (Lipinski definition) is 2. The molecule has 60 valence electrons. The van der Waals surface area contributed by atoms with E-state index < -0.39 is 0 Å². The summed E-state index contributed by atoms with van der Waals surface area (Å²) in [4.78, 5) is 0. The highest BCUT2D eigenvalue weighted by atomic mass is 16.3. The van der Waals surface area contributed by atoms with E-state index in [0.717, 1.165) is 12.8 Å². The molecule has 1 rings (SSSR count). The first kappa shape index (κ1) is 8.02. The summed E-state index contributed by atoms with van der Waals surface area (Å²) in [7, 11) is 0.